The summed E-state index contributed by atoms with van der Waals surface area (Å²) in [5.41, 5.74) is 2.05. The highest BCUT2D eigenvalue weighted by Crippen LogP contribution is 2.40. The van der Waals surface area contributed by atoms with E-state index >= 15 is 0 Å². The number of esters is 1. The van der Waals surface area contributed by atoms with Crippen LogP contribution in [0.25, 0.3) is 17.4 Å². The molecule has 1 aliphatic rings. The van der Waals surface area contributed by atoms with Gasteiger partial charge in [-0.1, -0.05) is 30.0 Å². The summed E-state index contributed by atoms with van der Waals surface area (Å²) in [6.45, 7) is 3.61. The molecule has 0 bridgehead atoms. The Bertz CT molecular complexity index is 1350. The maximum Gasteiger partial charge on any atom is 0.344 e. The number of aliphatic hydroxyl groups is 1. The molecule has 0 radical (unpaired) electrons. The van der Waals surface area contributed by atoms with Crippen molar-refractivity contribution in [3.8, 4) is 11.3 Å². The van der Waals surface area contributed by atoms with E-state index in [1.807, 2.05) is 18.2 Å². The van der Waals surface area contributed by atoms with Crippen LogP contribution >= 0.6 is 11.8 Å². The quantitative estimate of drug-likeness (QED) is 0.250. The highest BCUT2D eigenvalue weighted by molar-refractivity contribution is 8.18. The van der Waals surface area contributed by atoms with Gasteiger partial charge in [0.1, 0.15) is 27.9 Å². The topological polar surface area (TPSA) is 115 Å². The van der Waals surface area contributed by atoms with Crippen LogP contribution in [0.15, 0.2) is 86.3 Å². The molecular formula is C25H20N2O6S. The molecule has 2 heterocycles. The maximum absolute atomic E-state index is 12.5. The molecule has 2 aromatic carbocycles. The van der Waals surface area contributed by atoms with Gasteiger partial charge in [0, 0.05) is 17.7 Å². The summed E-state index contributed by atoms with van der Waals surface area (Å²) in [5, 5.41) is 22.1. The first-order valence-corrected chi connectivity index (χ1v) is 11.2. The minimum atomic E-state index is -0.660. The molecule has 0 amide bonds. The number of aliphatic imine (C=N–C) groups is 1. The van der Waals surface area contributed by atoms with Gasteiger partial charge in [0.15, 0.2) is 0 Å². The van der Waals surface area contributed by atoms with Crippen molar-refractivity contribution in [3.63, 3.8) is 0 Å². The van der Waals surface area contributed by atoms with E-state index in [9.17, 15) is 20.0 Å². The number of nitro benzene ring substituents is 1. The molecule has 0 saturated carbocycles. The highest BCUT2D eigenvalue weighted by atomic mass is 32.2. The van der Waals surface area contributed by atoms with E-state index in [0.717, 1.165) is 11.8 Å². The third-order valence-corrected chi connectivity index (χ3v) is 5.96. The molecular weight excluding hydrogens is 456 g/mol. The molecule has 34 heavy (non-hydrogen) atoms. The number of benzene rings is 2. The highest BCUT2D eigenvalue weighted by Gasteiger charge is 2.33. The average molecular weight is 477 g/mol. The molecule has 0 spiro atoms. The SMILES string of the molecule is CCOC(=O)C1=C(O)/C(=C\c2ccc(-c3ccc([N+](=O)[O-])cc3C)o2)SC1=Nc1ccccc1. The second-order valence-electron chi connectivity index (χ2n) is 7.27. The Morgan fingerprint density at radius 3 is 2.65 bits per heavy atom. The number of hydrogen-bond acceptors (Lipinski definition) is 8. The Morgan fingerprint density at radius 1 is 1.21 bits per heavy atom. The molecule has 0 aliphatic carbocycles. The van der Waals surface area contributed by atoms with Crippen molar-refractivity contribution in [2.24, 2.45) is 4.99 Å². The van der Waals surface area contributed by atoms with Crippen molar-refractivity contribution in [1.82, 2.24) is 0 Å². The average Bonchev–Trinajstić information content (AvgIpc) is 3.39. The lowest BCUT2D eigenvalue weighted by Gasteiger charge is -2.03. The van der Waals surface area contributed by atoms with Gasteiger partial charge in [-0.25, -0.2) is 9.79 Å². The minimum Gasteiger partial charge on any atom is -0.506 e. The number of nitrogens with zero attached hydrogens (tertiary/aromatic N) is 2. The molecule has 0 fully saturated rings. The lowest BCUT2D eigenvalue weighted by Crippen LogP contribution is -2.12. The number of thioether (sulfide) groups is 1. The van der Waals surface area contributed by atoms with Crippen molar-refractivity contribution in [2.75, 3.05) is 6.61 Å². The second-order valence-corrected chi connectivity index (χ2v) is 8.30. The standard InChI is InChI=1S/C25H20N2O6S/c1-3-32-25(29)22-23(28)21(34-24(22)26-16-7-5-4-6-8-16)14-18-10-12-20(33-18)19-11-9-17(27(30)31)13-15(19)2/h4-14,28H,3H2,1-2H3/b21-14+,26-24?. The van der Waals surface area contributed by atoms with Crippen molar-refractivity contribution >= 4 is 40.2 Å². The normalized spacial score (nSPS) is 15.8. The molecule has 1 aliphatic heterocycles. The number of carbonyl (C=O) groups excluding carboxylic acids is 1. The summed E-state index contributed by atoms with van der Waals surface area (Å²) in [6, 6.07) is 17.1. The first-order valence-electron chi connectivity index (χ1n) is 10.4. The van der Waals surface area contributed by atoms with Gasteiger partial charge < -0.3 is 14.3 Å². The largest absolute Gasteiger partial charge is 0.506 e. The lowest BCUT2D eigenvalue weighted by atomic mass is 10.1. The molecule has 1 aromatic heterocycles. The molecule has 1 N–H and O–H groups in total. The van der Waals surface area contributed by atoms with Crippen LogP contribution in [0.1, 0.15) is 18.2 Å². The Hall–Kier alpha value is -4.11. The van der Waals surface area contributed by atoms with Crippen LogP contribution in [-0.2, 0) is 9.53 Å². The molecule has 3 aromatic rings. The van der Waals surface area contributed by atoms with E-state index in [4.69, 9.17) is 9.15 Å². The van der Waals surface area contributed by atoms with E-state index in [1.54, 1.807) is 50.3 Å². The van der Waals surface area contributed by atoms with Gasteiger partial charge >= 0.3 is 5.97 Å². The van der Waals surface area contributed by atoms with Crippen molar-refractivity contribution in [1.29, 1.82) is 0 Å². The molecule has 0 atom stereocenters. The smallest absolute Gasteiger partial charge is 0.344 e. The molecule has 8 nitrogen and oxygen atoms in total. The molecule has 0 saturated heterocycles. The van der Waals surface area contributed by atoms with Gasteiger partial charge in [0.25, 0.3) is 5.69 Å². The fourth-order valence-electron chi connectivity index (χ4n) is 3.35. The summed E-state index contributed by atoms with van der Waals surface area (Å²) < 4.78 is 11.0. The van der Waals surface area contributed by atoms with Crippen LogP contribution in [0.5, 0.6) is 0 Å². The number of aryl methyl sites for hydroxylation is 1. The van der Waals surface area contributed by atoms with Gasteiger partial charge in [-0.2, -0.15) is 0 Å². The Labute approximate surface area is 199 Å². The van der Waals surface area contributed by atoms with Crippen LogP contribution in [0.2, 0.25) is 0 Å². The van der Waals surface area contributed by atoms with Gasteiger partial charge in [0.2, 0.25) is 0 Å². The van der Waals surface area contributed by atoms with Crippen LogP contribution < -0.4 is 0 Å². The third-order valence-electron chi connectivity index (χ3n) is 4.94. The van der Waals surface area contributed by atoms with E-state index in [-0.39, 0.29) is 23.6 Å². The monoisotopic (exact) mass is 476 g/mol. The number of nitro groups is 1. The van der Waals surface area contributed by atoms with Crippen molar-refractivity contribution < 1.29 is 24.0 Å². The molecule has 172 valence electrons. The number of ether oxygens (including phenoxy) is 1. The van der Waals surface area contributed by atoms with Gasteiger partial charge in [-0.3, -0.25) is 10.1 Å². The number of furan rings is 1. The predicted molar refractivity (Wildman–Crippen MR) is 131 cm³/mol. The van der Waals surface area contributed by atoms with Crippen LogP contribution in [0.4, 0.5) is 11.4 Å². The number of para-hydroxylation sites is 1. The van der Waals surface area contributed by atoms with Crippen LogP contribution in [-0.4, -0.2) is 27.6 Å². The zero-order valence-corrected chi connectivity index (χ0v) is 19.2. The second kappa shape index (κ2) is 9.80. The number of hydrogen-bond donors (Lipinski definition) is 1. The Morgan fingerprint density at radius 2 is 1.97 bits per heavy atom. The predicted octanol–water partition coefficient (Wildman–Crippen LogP) is 6.36. The zero-order valence-electron chi connectivity index (χ0n) is 18.3. The van der Waals surface area contributed by atoms with Gasteiger partial charge in [-0.05, 0) is 55.8 Å². The number of aliphatic hydroxyl groups excluding tert-OH is 1. The first kappa shape index (κ1) is 23.1. The van der Waals surface area contributed by atoms with Crippen molar-refractivity contribution in [2.45, 2.75) is 13.8 Å². The number of carbonyl (C=O) groups is 1. The van der Waals surface area contributed by atoms with Gasteiger partial charge in [-0.15, -0.1) is 0 Å². The summed E-state index contributed by atoms with van der Waals surface area (Å²) in [5.74, 6) is 0.0651. The van der Waals surface area contributed by atoms with E-state index < -0.39 is 10.9 Å². The summed E-state index contributed by atoms with van der Waals surface area (Å²) in [4.78, 5) is 28.0. The third kappa shape index (κ3) is 4.79. The molecule has 4 rings (SSSR count). The van der Waals surface area contributed by atoms with Crippen LogP contribution in [0, 0.1) is 17.0 Å². The lowest BCUT2D eigenvalue weighted by molar-refractivity contribution is -0.384. The first-order chi connectivity index (χ1) is 16.4. The number of rotatable bonds is 6. The zero-order chi connectivity index (χ0) is 24.2. The Kier molecular flexibility index (Phi) is 6.65. The fraction of sp³-hybridized carbons (Fsp3) is 0.120. The summed E-state index contributed by atoms with van der Waals surface area (Å²) in [6.07, 6.45) is 1.61. The Balaban J connectivity index is 1.68. The maximum atomic E-state index is 12.5. The number of non-ortho nitro benzene ring substituents is 1. The molecule has 9 heteroatoms. The van der Waals surface area contributed by atoms with E-state index in [1.165, 1.54) is 12.1 Å². The van der Waals surface area contributed by atoms with Crippen molar-refractivity contribution in [3.05, 3.63) is 98.3 Å². The summed E-state index contributed by atoms with van der Waals surface area (Å²) >= 11 is 1.14. The van der Waals surface area contributed by atoms with E-state index in [0.29, 0.717) is 38.3 Å². The van der Waals surface area contributed by atoms with Crippen LogP contribution in [0.3, 0.4) is 0 Å². The molecule has 0 unspecified atom stereocenters. The van der Waals surface area contributed by atoms with Gasteiger partial charge in [0.05, 0.1) is 22.1 Å². The minimum absolute atomic E-state index is 0.0000500. The summed E-state index contributed by atoms with van der Waals surface area (Å²) in [7, 11) is 0. The van der Waals surface area contributed by atoms with E-state index in [2.05, 4.69) is 4.99 Å². The fourth-order valence-corrected chi connectivity index (χ4v) is 4.37.